The number of hydrogen-bond donors (Lipinski definition) is 2. The number of anilines is 2. The van der Waals surface area contributed by atoms with Crippen LogP contribution in [0.2, 0.25) is 10.0 Å². The van der Waals surface area contributed by atoms with E-state index in [4.69, 9.17) is 28.9 Å². The Kier molecular flexibility index (Phi) is 5.42. The summed E-state index contributed by atoms with van der Waals surface area (Å²) < 4.78 is 57.3. The van der Waals surface area contributed by atoms with Crippen molar-refractivity contribution >= 4 is 55.8 Å². The molecule has 0 aliphatic carbocycles. The molecule has 0 unspecified atom stereocenters. The van der Waals surface area contributed by atoms with Crippen LogP contribution >= 0.6 is 23.2 Å². The van der Waals surface area contributed by atoms with Gasteiger partial charge in [-0.25, -0.2) is 27.2 Å². The molecule has 11 heteroatoms. The highest BCUT2D eigenvalue weighted by Crippen LogP contribution is 2.34. The van der Waals surface area contributed by atoms with E-state index in [9.17, 15) is 12.8 Å². The molecule has 0 amide bonds. The highest BCUT2D eigenvalue weighted by Gasteiger charge is 2.23. The van der Waals surface area contributed by atoms with Crippen molar-refractivity contribution in [1.82, 2.24) is 9.97 Å². The second kappa shape index (κ2) is 7.92. The Labute approximate surface area is 185 Å². The standard InChI is InChI=1S/C20H12Cl2F2N4O2S/c21-12-2-6-17(13(22)8-12)31(29,30)28-16-5-3-14(23)18(19(16)24)10-1-4-15-11(7-10)9-26-20(25)27-15/h1-9,28H,(H2,25,26,27). The predicted octanol–water partition coefficient (Wildman–Crippen LogP) is 5.26. The van der Waals surface area contributed by atoms with Crippen LogP contribution < -0.4 is 10.5 Å². The van der Waals surface area contributed by atoms with E-state index < -0.39 is 32.9 Å². The number of nitrogen functional groups attached to an aromatic ring is 1. The van der Waals surface area contributed by atoms with Crippen LogP contribution in [0.3, 0.4) is 0 Å². The van der Waals surface area contributed by atoms with Crippen LogP contribution in [0.5, 0.6) is 0 Å². The first-order valence-electron chi connectivity index (χ1n) is 8.64. The van der Waals surface area contributed by atoms with Crippen molar-refractivity contribution in [3.63, 3.8) is 0 Å². The summed E-state index contributed by atoms with van der Waals surface area (Å²) in [6.07, 6.45) is 1.42. The average molecular weight is 481 g/mol. The van der Waals surface area contributed by atoms with Gasteiger partial charge in [0.2, 0.25) is 5.95 Å². The molecule has 1 heterocycles. The fourth-order valence-corrected chi connectivity index (χ4v) is 4.83. The van der Waals surface area contributed by atoms with E-state index in [1.165, 1.54) is 42.6 Å². The van der Waals surface area contributed by atoms with Crippen molar-refractivity contribution in [3.05, 3.63) is 76.4 Å². The molecule has 4 rings (SSSR count). The quantitative estimate of drug-likeness (QED) is 0.414. The fourth-order valence-electron chi connectivity index (χ4n) is 2.99. The lowest BCUT2D eigenvalue weighted by Gasteiger charge is -2.14. The molecule has 0 bridgehead atoms. The monoisotopic (exact) mass is 480 g/mol. The number of benzene rings is 3. The normalized spacial score (nSPS) is 11.6. The molecule has 0 fully saturated rings. The molecule has 3 N–H and O–H groups in total. The van der Waals surface area contributed by atoms with E-state index in [1.807, 2.05) is 0 Å². The molecule has 0 aliphatic heterocycles. The van der Waals surface area contributed by atoms with Gasteiger partial charge < -0.3 is 5.73 Å². The third-order valence-electron chi connectivity index (χ3n) is 4.41. The summed E-state index contributed by atoms with van der Waals surface area (Å²) in [5.41, 5.74) is 5.34. The lowest BCUT2D eigenvalue weighted by Crippen LogP contribution is -2.15. The zero-order valence-corrected chi connectivity index (χ0v) is 17.7. The second-order valence-electron chi connectivity index (χ2n) is 6.47. The molecule has 0 aliphatic rings. The smallest absolute Gasteiger partial charge is 0.263 e. The largest absolute Gasteiger partial charge is 0.368 e. The van der Waals surface area contributed by atoms with E-state index in [1.54, 1.807) is 0 Å². The van der Waals surface area contributed by atoms with Crippen molar-refractivity contribution in [2.75, 3.05) is 10.5 Å². The van der Waals surface area contributed by atoms with Gasteiger partial charge in [-0.2, -0.15) is 0 Å². The van der Waals surface area contributed by atoms with Gasteiger partial charge >= 0.3 is 0 Å². The number of nitrogens with two attached hydrogens (primary N) is 1. The van der Waals surface area contributed by atoms with Gasteiger partial charge in [0, 0.05) is 16.6 Å². The highest BCUT2D eigenvalue weighted by molar-refractivity contribution is 7.92. The number of sulfonamides is 1. The summed E-state index contributed by atoms with van der Waals surface area (Å²) >= 11 is 11.8. The minimum atomic E-state index is -4.27. The van der Waals surface area contributed by atoms with Gasteiger partial charge in [0.15, 0.2) is 5.82 Å². The van der Waals surface area contributed by atoms with Crippen molar-refractivity contribution in [2.24, 2.45) is 0 Å². The summed E-state index contributed by atoms with van der Waals surface area (Å²) in [4.78, 5) is 7.60. The van der Waals surface area contributed by atoms with Crippen molar-refractivity contribution in [1.29, 1.82) is 0 Å². The van der Waals surface area contributed by atoms with E-state index in [0.717, 1.165) is 12.1 Å². The third kappa shape index (κ3) is 4.12. The number of nitrogens with zero attached hydrogens (tertiary/aromatic N) is 2. The van der Waals surface area contributed by atoms with Gasteiger partial charge in [0.25, 0.3) is 10.0 Å². The van der Waals surface area contributed by atoms with Crippen LogP contribution in [-0.2, 0) is 10.0 Å². The Hall–Kier alpha value is -3.01. The lowest BCUT2D eigenvalue weighted by molar-refractivity contribution is 0.588. The van der Waals surface area contributed by atoms with E-state index in [0.29, 0.717) is 10.9 Å². The molecule has 3 aromatic carbocycles. The summed E-state index contributed by atoms with van der Waals surface area (Å²) in [7, 11) is -4.27. The van der Waals surface area contributed by atoms with Gasteiger partial charge in [-0.3, -0.25) is 4.72 Å². The van der Waals surface area contributed by atoms with Gasteiger partial charge in [0.1, 0.15) is 10.7 Å². The summed E-state index contributed by atoms with van der Waals surface area (Å²) in [5.74, 6) is -1.90. The molecule has 0 saturated carbocycles. The molecular weight excluding hydrogens is 469 g/mol. The summed E-state index contributed by atoms with van der Waals surface area (Å²) in [6, 6.07) is 10.2. The Morgan fingerprint density at radius 1 is 1.00 bits per heavy atom. The zero-order valence-electron chi connectivity index (χ0n) is 15.4. The van der Waals surface area contributed by atoms with Crippen LogP contribution in [0.15, 0.2) is 59.6 Å². The number of rotatable bonds is 4. The number of nitrogens with one attached hydrogen (secondary N) is 1. The second-order valence-corrected chi connectivity index (χ2v) is 8.96. The number of halogens is 4. The molecule has 0 radical (unpaired) electrons. The van der Waals surface area contributed by atoms with Gasteiger partial charge in [-0.1, -0.05) is 29.3 Å². The van der Waals surface area contributed by atoms with Crippen molar-refractivity contribution < 1.29 is 17.2 Å². The minimum absolute atomic E-state index is 0.0647. The van der Waals surface area contributed by atoms with Crippen LogP contribution in [0, 0.1) is 11.6 Å². The number of aromatic nitrogens is 2. The topological polar surface area (TPSA) is 98.0 Å². The van der Waals surface area contributed by atoms with Crippen molar-refractivity contribution in [2.45, 2.75) is 4.90 Å². The van der Waals surface area contributed by atoms with E-state index in [-0.39, 0.29) is 26.5 Å². The van der Waals surface area contributed by atoms with Crippen LogP contribution in [0.25, 0.3) is 22.0 Å². The van der Waals surface area contributed by atoms with Gasteiger partial charge in [-0.05, 0) is 48.0 Å². The summed E-state index contributed by atoms with van der Waals surface area (Å²) in [6.45, 7) is 0. The molecule has 158 valence electrons. The molecule has 31 heavy (non-hydrogen) atoms. The molecule has 4 aromatic rings. The maximum absolute atomic E-state index is 15.2. The van der Waals surface area contributed by atoms with Crippen LogP contribution in [-0.4, -0.2) is 18.4 Å². The maximum Gasteiger partial charge on any atom is 0.263 e. The zero-order chi connectivity index (χ0) is 22.3. The first-order chi connectivity index (χ1) is 14.7. The summed E-state index contributed by atoms with van der Waals surface area (Å²) in [5, 5.41) is 0.599. The van der Waals surface area contributed by atoms with Gasteiger partial charge in [-0.15, -0.1) is 0 Å². The Balaban J connectivity index is 1.78. The highest BCUT2D eigenvalue weighted by atomic mass is 35.5. The Bertz CT molecular complexity index is 1450. The number of fused-ring (bicyclic) bond motifs is 1. The van der Waals surface area contributed by atoms with Crippen molar-refractivity contribution in [3.8, 4) is 11.1 Å². The third-order valence-corrected chi connectivity index (χ3v) is 6.49. The van der Waals surface area contributed by atoms with E-state index >= 15 is 4.39 Å². The Morgan fingerprint density at radius 2 is 1.77 bits per heavy atom. The van der Waals surface area contributed by atoms with Crippen LogP contribution in [0.4, 0.5) is 20.4 Å². The average Bonchev–Trinajstić information content (AvgIpc) is 2.70. The molecule has 0 spiro atoms. The Morgan fingerprint density at radius 3 is 2.52 bits per heavy atom. The number of hydrogen-bond acceptors (Lipinski definition) is 5. The molecule has 0 saturated heterocycles. The minimum Gasteiger partial charge on any atom is -0.368 e. The molecular formula is C20H12Cl2F2N4O2S. The van der Waals surface area contributed by atoms with Crippen LogP contribution in [0.1, 0.15) is 0 Å². The first kappa shape index (κ1) is 21.2. The first-order valence-corrected chi connectivity index (χ1v) is 10.9. The fraction of sp³-hybridized carbons (Fsp3) is 0. The van der Waals surface area contributed by atoms with Gasteiger partial charge in [0.05, 0.1) is 21.8 Å². The molecule has 1 aromatic heterocycles. The lowest BCUT2D eigenvalue weighted by atomic mass is 10.0. The molecule has 6 nitrogen and oxygen atoms in total. The maximum atomic E-state index is 15.2. The van der Waals surface area contributed by atoms with E-state index in [2.05, 4.69) is 14.7 Å². The SMILES string of the molecule is Nc1ncc2cc(-c3c(F)ccc(NS(=O)(=O)c4ccc(Cl)cc4Cl)c3F)ccc2n1. The predicted molar refractivity (Wildman–Crippen MR) is 117 cm³/mol. The molecule has 0 atom stereocenters.